The van der Waals surface area contributed by atoms with E-state index in [1.165, 1.54) is 0 Å². The Hall–Kier alpha value is -1.96. The van der Waals surface area contributed by atoms with Gasteiger partial charge < -0.3 is 18.6 Å². The van der Waals surface area contributed by atoms with Gasteiger partial charge in [-0.25, -0.2) is 0 Å². The van der Waals surface area contributed by atoms with Crippen LogP contribution in [0.15, 0.2) is 36.9 Å². The second-order valence-corrected chi connectivity index (χ2v) is 18.9. The lowest BCUT2D eigenvalue weighted by atomic mass is 9.73. The minimum absolute atomic E-state index is 0.00875. The summed E-state index contributed by atoms with van der Waals surface area (Å²) in [7, 11) is -0.690. The first-order valence-electron chi connectivity index (χ1n) is 14.5. The van der Waals surface area contributed by atoms with Crippen LogP contribution in [0.3, 0.4) is 0 Å². The maximum atomic E-state index is 14.3. The van der Waals surface area contributed by atoms with Crippen LogP contribution in [0.2, 0.25) is 18.1 Å². The fourth-order valence-electron chi connectivity index (χ4n) is 4.52. The normalized spacial score (nSPS) is 16.0. The summed E-state index contributed by atoms with van der Waals surface area (Å²) < 4.78 is 24.2. The molecule has 0 saturated heterocycles. The number of ketones is 1. The van der Waals surface area contributed by atoms with Crippen LogP contribution in [0, 0.1) is 17.3 Å². The highest BCUT2D eigenvalue weighted by Gasteiger charge is 2.48. The lowest BCUT2D eigenvalue weighted by Crippen LogP contribution is -2.53. The molecule has 0 unspecified atom stereocenters. The molecule has 0 saturated carbocycles. The van der Waals surface area contributed by atoms with Crippen LogP contribution < -0.4 is 4.74 Å². The van der Waals surface area contributed by atoms with Gasteiger partial charge in [0.05, 0.1) is 32.3 Å². The van der Waals surface area contributed by atoms with E-state index < -0.39 is 31.4 Å². The molecule has 1 aromatic rings. The number of ether oxygens (including phenoxy) is 3. The van der Waals surface area contributed by atoms with E-state index in [9.17, 15) is 9.59 Å². The number of carbonyl (C=O) groups is 2. The molecule has 4 atom stereocenters. The van der Waals surface area contributed by atoms with Crippen LogP contribution in [0.25, 0.3) is 0 Å². The fourth-order valence-corrected chi connectivity index (χ4v) is 5.96. The third kappa shape index (κ3) is 10.5. The summed E-state index contributed by atoms with van der Waals surface area (Å²) in [6.45, 7) is 28.4. The number of methoxy groups -OCH3 is 1. The van der Waals surface area contributed by atoms with Gasteiger partial charge >= 0.3 is 5.97 Å². The van der Waals surface area contributed by atoms with Gasteiger partial charge in [0.1, 0.15) is 17.1 Å². The van der Waals surface area contributed by atoms with E-state index in [1.54, 1.807) is 7.11 Å². The predicted octanol–water partition coefficient (Wildman–Crippen LogP) is 8.15. The van der Waals surface area contributed by atoms with Crippen molar-refractivity contribution >= 4 is 20.1 Å². The quantitative estimate of drug-likeness (QED) is 0.119. The lowest BCUT2D eigenvalue weighted by Gasteiger charge is -2.45. The monoisotopic (exact) mass is 576 g/mol. The zero-order valence-corrected chi connectivity index (χ0v) is 28.5. The highest BCUT2D eigenvalue weighted by atomic mass is 28.4. The topological polar surface area (TPSA) is 71.1 Å². The van der Waals surface area contributed by atoms with Crippen LogP contribution >= 0.6 is 0 Å². The van der Waals surface area contributed by atoms with Crippen molar-refractivity contribution in [2.45, 2.75) is 125 Å². The largest absolute Gasteiger partial charge is 0.497 e. The van der Waals surface area contributed by atoms with Crippen molar-refractivity contribution < 1.29 is 28.2 Å². The molecule has 0 aliphatic rings. The molecule has 0 aliphatic heterocycles. The summed E-state index contributed by atoms with van der Waals surface area (Å²) in [4.78, 5) is 27.3. The van der Waals surface area contributed by atoms with Crippen molar-refractivity contribution in [2.75, 3.05) is 7.11 Å². The zero-order valence-electron chi connectivity index (χ0n) is 27.5. The minimum atomic E-state index is -2.33. The summed E-state index contributed by atoms with van der Waals surface area (Å²) in [5.74, 6) is 0.0549. The average Bonchev–Trinajstić information content (AvgIpc) is 2.81. The van der Waals surface area contributed by atoms with E-state index in [2.05, 4.69) is 47.4 Å². The van der Waals surface area contributed by atoms with Gasteiger partial charge in [0.2, 0.25) is 0 Å². The van der Waals surface area contributed by atoms with Gasteiger partial charge in [0.15, 0.2) is 8.32 Å². The van der Waals surface area contributed by atoms with Crippen molar-refractivity contribution in [1.29, 1.82) is 0 Å². The highest BCUT2D eigenvalue weighted by molar-refractivity contribution is 6.74. The number of allylic oxidation sites excluding steroid dienone is 1. The van der Waals surface area contributed by atoms with E-state index in [0.29, 0.717) is 13.0 Å². The van der Waals surface area contributed by atoms with Gasteiger partial charge in [-0.3, -0.25) is 9.59 Å². The number of rotatable bonds is 15. The van der Waals surface area contributed by atoms with Gasteiger partial charge in [-0.1, -0.05) is 66.7 Å². The number of hydrogen-bond donors (Lipinski definition) is 0. The Bertz CT molecular complexity index is 968. The molecule has 0 fully saturated rings. The highest BCUT2D eigenvalue weighted by Crippen LogP contribution is 2.42. The van der Waals surface area contributed by atoms with Gasteiger partial charge in [0, 0.05) is 11.3 Å². The third-order valence-electron chi connectivity index (χ3n) is 8.06. The molecule has 0 bridgehead atoms. The molecule has 7 heteroatoms. The number of esters is 1. The molecule has 0 amide bonds. The van der Waals surface area contributed by atoms with E-state index >= 15 is 0 Å². The van der Waals surface area contributed by atoms with Crippen LogP contribution in [0.5, 0.6) is 5.75 Å². The Morgan fingerprint density at radius 3 is 1.98 bits per heavy atom. The Morgan fingerprint density at radius 2 is 1.52 bits per heavy atom. The van der Waals surface area contributed by atoms with Gasteiger partial charge in [-0.15, -0.1) is 6.58 Å². The van der Waals surface area contributed by atoms with Crippen molar-refractivity contribution in [2.24, 2.45) is 17.3 Å². The molecular weight excluding hydrogens is 520 g/mol. The number of Topliss-reactive ketones (excluding diaryl/α,β-unsaturated/α-hetero) is 1. The van der Waals surface area contributed by atoms with E-state index in [1.807, 2.05) is 71.9 Å². The first-order chi connectivity index (χ1) is 18.2. The van der Waals surface area contributed by atoms with E-state index in [-0.39, 0.29) is 35.2 Å². The minimum Gasteiger partial charge on any atom is -0.497 e. The van der Waals surface area contributed by atoms with Crippen LogP contribution in [0.4, 0.5) is 0 Å². The van der Waals surface area contributed by atoms with E-state index in [4.69, 9.17) is 18.6 Å². The first-order valence-corrected chi connectivity index (χ1v) is 17.4. The standard InChI is InChI=1S/C33H56O6Si/c1-15-16-23(2)29(37-22-25-17-19-26(36-12)20-18-25)24(3)30(35)33(10,11)27(21-28(34)38-31(4,5)6)39-40(13,14)32(7,8)9/h15,17-20,23-24,27,29H,1,16,21-22H2,2-14H3/t23-,24+,27-,29-/m0/s1. The Kier molecular flexibility index (Phi) is 12.9. The molecule has 0 N–H and O–H groups in total. The summed E-state index contributed by atoms with van der Waals surface area (Å²) in [5, 5.41) is -0.0909. The summed E-state index contributed by atoms with van der Waals surface area (Å²) in [5.41, 5.74) is -0.582. The smallest absolute Gasteiger partial charge is 0.308 e. The summed E-state index contributed by atoms with van der Waals surface area (Å²) >= 11 is 0. The maximum Gasteiger partial charge on any atom is 0.308 e. The van der Waals surface area contributed by atoms with Gasteiger partial charge in [-0.05, 0) is 68.9 Å². The first kappa shape index (κ1) is 36.1. The van der Waals surface area contributed by atoms with Crippen LogP contribution in [-0.2, 0) is 30.1 Å². The van der Waals surface area contributed by atoms with Crippen molar-refractivity contribution in [3.05, 3.63) is 42.5 Å². The van der Waals surface area contributed by atoms with Crippen molar-refractivity contribution in [3.8, 4) is 5.75 Å². The second-order valence-electron chi connectivity index (χ2n) is 14.2. The third-order valence-corrected chi connectivity index (χ3v) is 12.5. The molecule has 228 valence electrons. The number of benzene rings is 1. The number of hydrogen-bond acceptors (Lipinski definition) is 6. The zero-order chi connectivity index (χ0) is 31.1. The molecule has 0 heterocycles. The lowest BCUT2D eigenvalue weighted by molar-refractivity contribution is -0.160. The van der Waals surface area contributed by atoms with Crippen LogP contribution in [-0.4, -0.2) is 45.0 Å². The van der Waals surface area contributed by atoms with Crippen molar-refractivity contribution in [1.82, 2.24) is 0 Å². The van der Waals surface area contributed by atoms with Crippen molar-refractivity contribution in [3.63, 3.8) is 0 Å². The Balaban J connectivity index is 3.33. The predicted molar refractivity (Wildman–Crippen MR) is 166 cm³/mol. The van der Waals surface area contributed by atoms with Gasteiger partial charge in [-0.2, -0.15) is 0 Å². The molecule has 6 nitrogen and oxygen atoms in total. The van der Waals surface area contributed by atoms with Crippen LogP contribution in [0.1, 0.15) is 87.6 Å². The second kappa shape index (κ2) is 14.3. The Labute approximate surface area is 245 Å². The SMILES string of the molecule is C=CC[C@H](C)[C@H](OCc1ccc(OC)cc1)[C@@H](C)C(=O)C(C)(C)[C@H](CC(=O)OC(C)(C)C)O[Si](C)(C)C(C)(C)C. The maximum absolute atomic E-state index is 14.3. The molecule has 0 aromatic heterocycles. The Morgan fingerprint density at radius 1 is 0.975 bits per heavy atom. The molecular formula is C33H56O6Si. The molecule has 0 radical (unpaired) electrons. The summed E-state index contributed by atoms with van der Waals surface area (Å²) in [6.07, 6.45) is 1.61. The average molecular weight is 577 g/mol. The fraction of sp³-hybridized carbons (Fsp3) is 0.697. The molecule has 0 spiro atoms. The molecule has 40 heavy (non-hydrogen) atoms. The molecule has 0 aliphatic carbocycles. The molecule has 1 aromatic carbocycles. The molecule has 1 rings (SSSR count). The summed E-state index contributed by atoms with van der Waals surface area (Å²) in [6, 6.07) is 7.73. The number of carbonyl (C=O) groups excluding carboxylic acids is 2. The van der Waals surface area contributed by atoms with E-state index in [0.717, 1.165) is 11.3 Å². The van der Waals surface area contributed by atoms with Gasteiger partial charge in [0.25, 0.3) is 0 Å².